The summed E-state index contributed by atoms with van der Waals surface area (Å²) in [4.78, 5) is 11.9. The Balaban J connectivity index is 2.36. The summed E-state index contributed by atoms with van der Waals surface area (Å²) >= 11 is 0. The molecule has 3 unspecified atom stereocenters. The Hall–Kier alpha value is -0.610. The van der Waals surface area contributed by atoms with Crippen LogP contribution in [0.5, 0.6) is 0 Å². The molecule has 0 aromatic rings. The Morgan fingerprint density at radius 3 is 2.88 bits per heavy atom. The van der Waals surface area contributed by atoms with E-state index < -0.39 is 5.60 Å². The van der Waals surface area contributed by atoms with Gasteiger partial charge in [0.25, 0.3) is 0 Å². The van der Waals surface area contributed by atoms with Gasteiger partial charge in [-0.15, -0.1) is 0 Å². The molecule has 1 fully saturated rings. The molecule has 1 heterocycles. The molecule has 1 aliphatic heterocycles. The van der Waals surface area contributed by atoms with E-state index in [0.717, 1.165) is 25.9 Å². The van der Waals surface area contributed by atoms with E-state index >= 15 is 0 Å². The molecule has 0 aliphatic carbocycles. The van der Waals surface area contributed by atoms with Gasteiger partial charge in [-0.25, -0.2) is 0 Å². The summed E-state index contributed by atoms with van der Waals surface area (Å²) in [5.41, 5.74) is -0.833. The molecule has 0 saturated carbocycles. The average molecular weight is 243 g/mol. The van der Waals surface area contributed by atoms with Gasteiger partial charge in [-0.05, 0) is 25.7 Å². The van der Waals surface area contributed by atoms with Crippen molar-refractivity contribution >= 4 is 5.91 Å². The van der Waals surface area contributed by atoms with Gasteiger partial charge < -0.3 is 15.2 Å². The lowest BCUT2D eigenvalue weighted by Gasteiger charge is -2.31. The lowest BCUT2D eigenvalue weighted by atomic mass is 9.88. The summed E-state index contributed by atoms with van der Waals surface area (Å²) in [5, 5.41) is 13.0. The highest BCUT2D eigenvalue weighted by Gasteiger charge is 2.29. The molecule has 0 bridgehead atoms. The Morgan fingerprint density at radius 2 is 2.35 bits per heavy atom. The highest BCUT2D eigenvalue weighted by molar-refractivity contribution is 5.78. The minimum Gasteiger partial charge on any atom is -0.388 e. The maximum absolute atomic E-state index is 11.9. The first-order valence-corrected chi connectivity index (χ1v) is 6.55. The van der Waals surface area contributed by atoms with Crippen LogP contribution in [-0.4, -0.2) is 36.4 Å². The first kappa shape index (κ1) is 14.5. The van der Waals surface area contributed by atoms with Crippen molar-refractivity contribution in [3.05, 3.63) is 0 Å². The average Bonchev–Trinajstić information content (AvgIpc) is 2.36. The largest absolute Gasteiger partial charge is 0.388 e. The predicted octanol–water partition coefficient (Wildman–Crippen LogP) is 1.33. The molecule has 1 saturated heterocycles. The van der Waals surface area contributed by atoms with E-state index in [-0.39, 0.29) is 17.7 Å². The second-order valence-electron chi connectivity index (χ2n) is 5.30. The van der Waals surface area contributed by atoms with Crippen molar-refractivity contribution in [2.75, 3.05) is 19.8 Å². The van der Waals surface area contributed by atoms with E-state index in [2.05, 4.69) is 5.32 Å². The molecule has 0 radical (unpaired) electrons. The fourth-order valence-electron chi connectivity index (χ4n) is 1.97. The maximum Gasteiger partial charge on any atom is 0.225 e. The van der Waals surface area contributed by atoms with Crippen molar-refractivity contribution < 1.29 is 14.6 Å². The van der Waals surface area contributed by atoms with Gasteiger partial charge in [-0.3, -0.25) is 4.79 Å². The molecule has 1 amide bonds. The van der Waals surface area contributed by atoms with Crippen molar-refractivity contribution in [2.24, 2.45) is 11.8 Å². The zero-order valence-electron chi connectivity index (χ0n) is 11.2. The van der Waals surface area contributed by atoms with Gasteiger partial charge in [0.05, 0.1) is 18.1 Å². The molecule has 3 atom stereocenters. The van der Waals surface area contributed by atoms with Crippen LogP contribution >= 0.6 is 0 Å². The first-order valence-electron chi connectivity index (χ1n) is 6.55. The van der Waals surface area contributed by atoms with Crippen molar-refractivity contribution in [3.8, 4) is 0 Å². The van der Waals surface area contributed by atoms with Crippen LogP contribution in [0.4, 0.5) is 0 Å². The molecular formula is C13H25NO3. The topological polar surface area (TPSA) is 58.6 Å². The van der Waals surface area contributed by atoms with Gasteiger partial charge in [0.2, 0.25) is 5.91 Å². The molecular weight excluding hydrogens is 218 g/mol. The normalized spacial score (nSPS) is 26.0. The lowest BCUT2D eigenvalue weighted by Crippen LogP contribution is -2.47. The van der Waals surface area contributed by atoms with E-state index in [0.29, 0.717) is 13.2 Å². The number of amides is 1. The number of hydrogen-bond acceptors (Lipinski definition) is 3. The van der Waals surface area contributed by atoms with Crippen molar-refractivity contribution in [3.63, 3.8) is 0 Å². The monoisotopic (exact) mass is 243 g/mol. The molecule has 2 N–H and O–H groups in total. The summed E-state index contributed by atoms with van der Waals surface area (Å²) in [6, 6.07) is 0. The number of carbonyl (C=O) groups is 1. The second kappa shape index (κ2) is 6.36. The Kier molecular flexibility index (Phi) is 5.40. The van der Waals surface area contributed by atoms with Gasteiger partial charge in [0, 0.05) is 13.2 Å². The molecule has 0 spiro atoms. The van der Waals surface area contributed by atoms with Crippen molar-refractivity contribution in [2.45, 2.75) is 45.6 Å². The SMILES string of the molecule is CCC(C)C(C)(O)CNC(=O)C1CCCOC1. The highest BCUT2D eigenvalue weighted by atomic mass is 16.5. The van der Waals surface area contributed by atoms with Crippen LogP contribution in [0.25, 0.3) is 0 Å². The third-order valence-corrected chi connectivity index (χ3v) is 3.83. The summed E-state index contributed by atoms with van der Waals surface area (Å²) in [5.74, 6) is 0.134. The first-order chi connectivity index (χ1) is 7.97. The molecule has 1 aliphatic rings. The summed E-state index contributed by atoms with van der Waals surface area (Å²) in [6.07, 6.45) is 2.73. The Morgan fingerprint density at radius 1 is 1.65 bits per heavy atom. The fraction of sp³-hybridized carbons (Fsp3) is 0.923. The summed E-state index contributed by atoms with van der Waals surface area (Å²) < 4.78 is 5.28. The van der Waals surface area contributed by atoms with Crippen molar-refractivity contribution in [1.29, 1.82) is 0 Å². The molecule has 17 heavy (non-hydrogen) atoms. The molecule has 1 rings (SSSR count). The summed E-state index contributed by atoms with van der Waals surface area (Å²) in [7, 11) is 0. The minimum atomic E-state index is -0.833. The van der Waals surface area contributed by atoms with E-state index in [1.165, 1.54) is 0 Å². The van der Waals surface area contributed by atoms with Crippen LogP contribution in [0.15, 0.2) is 0 Å². The third kappa shape index (κ3) is 4.28. The lowest BCUT2D eigenvalue weighted by molar-refractivity contribution is -0.130. The molecule has 100 valence electrons. The van der Waals surface area contributed by atoms with Crippen LogP contribution in [-0.2, 0) is 9.53 Å². The fourth-order valence-corrected chi connectivity index (χ4v) is 1.97. The third-order valence-electron chi connectivity index (χ3n) is 3.83. The highest BCUT2D eigenvalue weighted by Crippen LogP contribution is 2.19. The van der Waals surface area contributed by atoms with Crippen LogP contribution in [0.3, 0.4) is 0 Å². The van der Waals surface area contributed by atoms with E-state index in [9.17, 15) is 9.90 Å². The molecule has 4 nitrogen and oxygen atoms in total. The predicted molar refractivity (Wildman–Crippen MR) is 66.6 cm³/mol. The molecule has 0 aromatic heterocycles. The minimum absolute atomic E-state index is 0.00766. The number of aliphatic hydroxyl groups is 1. The molecule has 0 aromatic carbocycles. The van der Waals surface area contributed by atoms with Gasteiger partial charge in [0.1, 0.15) is 0 Å². The number of ether oxygens (including phenoxy) is 1. The maximum atomic E-state index is 11.9. The van der Waals surface area contributed by atoms with E-state index in [1.807, 2.05) is 13.8 Å². The van der Waals surface area contributed by atoms with Crippen LogP contribution in [0, 0.1) is 11.8 Å². The molecule has 4 heteroatoms. The van der Waals surface area contributed by atoms with Crippen LogP contribution in [0.2, 0.25) is 0 Å². The number of rotatable bonds is 5. The number of nitrogens with one attached hydrogen (secondary N) is 1. The van der Waals surface area contributed by atoms with Gasteiger partial charge in [0.15, 0.2) is 0 Å². The zero-order chi connectivity index (χ0) is 12.9. The smallest absolute Gasteiger partial charge is 0.225 e. The van der Waals surface area contributed by atoms with E-state index in [4.69, 9.17) is 4.74 Å². The van der Waals surface area contributed by atoms with Crippen LogP contribution in [0.1, 0.15) is 40.0 Å². The van der Waals surface area contributed by atoms with Crippen molar-refractivity contribution in [1.82, 2.24) is 5.32 Å². The number of hydrogen-bond donors (Lipinski definition) is 2. The zero-order valence-corrected chi connectivity index (χ0v) is 11.2. The van der Waals surface area contributed by atoms with Gasteiger partial charge >= 0.3 is 0 Å². The number of carbonyl (C=O) groups excluding carboxylic acids is 1. The quantitative estimate of drug-likeness (QED) is 0.766. The van der Waals surface area contributed by atoms with Gasteiger partial charge in [-0.1, -0.05) is 20.3 Å². The standard InChI is InChI=1S/C13H25NO3/c1-4-10(2)13(3,16)9-14-12(15)11-6-5-7-17-8-11/h10-11,16H,4-9H2,1-3H3,(H,14,15). The van der Waals surface area contributed by atoms with Gasteiger partial charge in [-0.2, -0.15) is 0 Å². The summed E-state index contributed by atoms with van der Waals surface area (Å²) in [6.45, 7) is 7.40. The Labute approximate surface area is 104 Å². The Bertz CT molecular complexity index is 247. The van der Waals surface area contributed by atoms with Crippen LogP contribution < -0.4 is 5.32 Å². The van der Waals surface area contributed by atoms with E-state index in [1.54, 1.807) is 6.92 Å². The second-order valence-corrected chi connectivity index (χ2v) is 5.30.